The number of hydrogen-bond donors (Lipinski definition) is 5. The second kappa shape index (κ2) is 19.4. The van der Waals surface area contributed by atoms with Crippen molar-refractivity contribution in [2.24, 2.45) is 11.3 Å². The maximum Gasteiger partial charge on any atom is 0.408 e. The fourth-order valence-electron chi connectivity index (χ4n) is 6.57. The smallest absolute Gasteiger partial charge is 0.408 e. The number of aliphatic hydroxyl groups excluding tert-OH is 2. The number of carbonyl (C=O) groups is 3. The number of rotatable bonds is 18. The molecule has 0 bridgehead atoms. The van der Waals surface area contributed by atoms with Crippen LogP contribution in [0.15, 0.2) is 42.2 Å². The van der Waals surface area contributed by atoms with Gasteiger partial charge in [-0.3, -0.25) is 4.79 Å². The molecule has 2 aliphatic heterocycles. The van der Waals surface area contributed by atoms with Gasteiger partial charge in [-0.15, -0.1) is 0 Å². The maximum atomic E-state index is 14.5. The fourth-order valence-corrected chi connectivity index (χ4v) is 8.58. The van der Waals surface area contributed by atoms with E-state index in [0.717, 1.165) is 5.56 Å². The number of nitrogens with one attached hydrogen (secondary N) is 3. The number of amides is 3. The van der Waals surface area contributed by atoms with E-state index in [1.807, 2.05) is 44.2 Å². The molecule has 6 atom stereocenters. The number of benzene rings is 1. The molecular weight excluding hydrogens is 724 g/mol. The Kier molecular flexibility index (Phi) is 15.5. The summed E-state index contributed by atoms with van der Waals surface area (Å²) in [5.41, 5.74) is -0.639. The standard InChI is InChI=1S/C37H58N4O12S/c1-36(2,3)53-34(45)39-19-33(44)38-15-14-37(4,5)23-41(54(47,48)27-11-12-30-31(18-27)51-24-50-30)20-29(43)28(17-25-9-7-6-8-10-25)40-35(46)52-32(21-42)26-13-16-49-22-26/h6-10,18,26-30,32,42-43H,11-17,19-24H2,1-5H3,(H,38,44)(H,39,45)(H,40,46)/t26-,27?,28+,29-,30?,32?/m1/s1. The van der Waals surface area contributed by atoms with E-state index in [-0.39, 0.29) is 57.8 Å². The highest BCUT2D eigenvalue weighted by Gasteiger charge is 2.41. The van der Waals surface area contributed by atoms with Gasteiger partial charge in [0.1, 0.15) is 23.6 Å². The largest absolute Gasteiger partial charge is 0.469 e. The molecule has 1 aliphatic carbocycles. The topological polar surface area (TPSA) is 211 Å². The molecule has 2 heterocycles. The zero-order chi connectivity index (χ0) is 39.5. The first kappa shape index (κ1) is 43.3. The Morgan fingerprint density at radius 3 is 2.44 bits per heavy atom. The van der Waals surface area contributed by atoms with Crippen molar-refractivity contribution in [2.75, 3.05) is 52.8 Å². The summed E-state index contributed by atoms with van der Waals surface area (Å²) < 4.78 is 57.4. The van der Waals surface area contributed by atoms with E-state index in [0.29, 0.717) is 38.2 Å². The zero-order valence-corrected chi connectivity index (χ0v) is 32.8. The lowest BCUT2D eigenvalue weighted by Crippen LogP contribution is -2.54. The second-order valence-corrected chi connectivity index (χ2v) is 18.0. The molecule has 0 radical (unpaired) electrons. The van der Waals surface area contributed by atoms with Crippen molar-refractivity contribution in [3.05, 3.63) is 47.7 Å². The van der Waals surface area contributed by atoms with Crippen molar-refractivity contribution >= 4 is 28.1 Å². The van der Waals surface area contributed by atoms with Crippen molar-refractivity contribution in [1.29, 1.82) is 0 Å². The number of sulfonamides is 1. The first-order valence-corrected chi connectivity index (χ1v) is 20.0. The van der Waals surface area contributed by atoms with Gasteiger partial charge < -0.3 is 49.8 Å². The molecule has 54 heavy (non-hydrogen) atoms. The molecule has 1 aromatic rings. The first-order chi connectivity index (χ1) is 25.5. The molecule has 0 spiro atoms. The van der Waals surface area contributed by atoms with Crippen molar-refractivity contribution < 1.29 is 56.7 Å². The van der Waals surface area contributed by atoms with Gasteiger partial charge >= 0.3 is 12.2 Å². The van der Waals surface area contributed by atoms with Crippen molar-refractivity contribution in [2.45, 2.75) is 102 Å². The highest BCUT2D eigenvalue weighted by atomic mass is 32.2. The Hall–Kier alpha value is -3.48. The summed E-state index contributed by atoms with van der Waals surface area (Å²) in [5.74, 6) is -0.148. The predicted molar refractivity (Wildman–Crippen MR) is 197 cm³/mol. The van der Waals surface area contributed by atoms with Crippen LogP contribution in [0.5, 0.6) is 0 Å². The molecular formula is C37H58N4O12S. The van der Waals surface area contributed by atoms with Gasteiger partial charge in [0.15, 0.2) is 6.79 Å². The number of fused-ring (bicyclic) bond motifs is 1. The number of alkyl carbamates (subject to hydrolysis) is 2. The summed E-state index contributed by atoms with van der Waals surface area (Å²) in [6.07, 6.45) is -0.645. The van der Waals surface area contributed by atoms with Crippen LogP contribution >= 0.6 is 0 Å². The van der Waals surface area contributed by atoms with E-state index < -0.39 is 69.2 Å². The number of aliphatic hydroxyl groups is 2. The van der Waals surface area contributed by atoms with Gasteiger partial charge in [0.25, 0.3) is 0 Å². The Morgan fingerprint density at radius 1 is 1.04 bits per heavy atom. The van der Waals surface area contributed by atoms with Gasteiger partial charge in [0.05, 0.1) is 37.2 Å². The number of carbonyl (C=O) groups excluding carboxylic acids is 3. The molecule has 2 saturated heterocycles. The number of ether oxygens (including phenoxy) is 5. The normalized spacial score (nSPS) is 21.9. The van der Waals surface area contributed by atoms with Crippen LogP contribution in [0.4, 0.5) is 9.59 Å². The molecule has 3 amide bonds. The van der Waals surface area contributed by atoms with Crippen LogP contribution in [0.1, 0.15) is 65.9 Å². The van der Waals surface area contributed by atoms with E-state index in [1.165, 1.54) is 4.31 Å². The third-order valence-corrected chi connectivity index (χ3v) is 11.7. The van der Waals surface area contributed by atoms with Crippen molar-refractivity contribution in [3.63, 3.8) is 0 Å². The molecule has 17 heteroatoms. The SMILES string of the molecule is CC(C)(CCNC(=O)CNC(=O)OC(C)(C)C)CN(C[C@@H](O)[C@H](Cc1ccccc1)NC(=O)OC(CO)[C@@H]1CCOC1)S(=O)(=O)C1C=C2OCOC2CC1. The van der Waals surface area contributed by atoms with E-state index in [9.17, 15) is 33.0 Å². The minimum atomic E-state index is -4.11. The summed E-state index contributed by atoms with van der Waals surface area (Å²) in [5, 5.41) is 28.7. The number of hydrogen-bond acceptors (Lipinski definition) is 12. The monoisotopic (exact) mass is 782 g/mol. The quantitative estimate of drug-likeness (QED) is 0.145. The average Bonchev–Trinajstić information content (AvgIpc) is 3.81. The summed E-state index contributed by atoms with van der Waals surface area (Å²) in [7, 11) is -4.11. The Balaban J connectivity index is 1.49. The summed E-state index contributed by atoms with van der Waals surface area (Å²) in [6.45, 7) is 8.83. The molecule has 4 rings (SSSR count). The third kappa shape index (κ3) is 13.4. The van der Waals surface area contributed by atoms with Crippen LogP contribution in [-0.2, 0) is 44.9 Å². The molecule has 3 aliphatic rings. The summed E-state index contributed by atoms with van der Waals surface area (Å²) >= 11 is 0. The second-order valence-electron chi connectivity index (χ2n) is 15.8. The van der Waals surface area contributed by atoms with Crippen LogP contribution in [0.3, 0.4) is 0 Å². The van der Waals surface area contributed by atoms with Crippen LogP contribution in [-0.4, -0.2) is 129 Å². The Morgan fingerprint density at radius 2 is 1.78 bits per heavy atom. The molecule has 1 aromatic carbocycles. The van der Waals surface area contributed by atoms with Gasteiger partial charge in [-0.05, 0) is 69.9 Å². The van der Waals surface area contributed by atoms with E-state index in [4.69, 9.17) is 23.7 Å². The van der Waals surface area contributed by atoms with Gasteiger partial charge in [0, 0.05) is 32.2 Å². The summed E-state index contributed by atoms with van der Waals surface area (Å²) in [6, 6.07) is 8.18. The minimum Gasteiger partial charge on any atom is -0.469 e. The lowest BCUT2D eigenvalue weighted by molar-refractivity contribution is -0.120. The lowest BCUT2D eigenvalue weighted by Gasteiger charge is -2.37. The van der Waals surface area contributed by atoms with E-state index in [1.54, 1.807) is 26.8 Å². The molecule has 0 aromatic heterocycles. The molecule has 5 N–H and O–H groups in total. The van der Waals surface area contributed by atoms with Crippen LogP contribution < -0.4 is 16.0 Å². The van der Waals surface area contributed by atoms with Crippen LogP contribution in [0, 0.1) is 11.3 Å². The van der Waals surface area contributed by atoms with E-state index >= 15 is 0 Å². The van der Waals surface area contributed by atoms with Gasteiger partial charge in [-0.25, -0.2) is 18.0 Å². The zero-order valence-electron chi connectivity index (χ0n) is 32.0. The average molecular weight is 783 g/mol. The van der Waals surface area contributed by atoms with Gasteiger partial charge in [-0.1, -0.05) is 44.2 Å². The fraction of sp³-hybridized carbons (Fsp3) is 0.703. The third-order valence-electron chi connectivity index (χ3n) is 9.52. The molecule has 0 saturated carbocycles. The molecule has 16 nitrogen and oxygen atoms in total. The van der Waals surface area contributed by atoms with Crippen LogP contribution in [0.25, 0.3) is 0 Å². The Labute approximate surface area is 318 Å². The number of nitrogens with zero attached hydrogens (tertiary/aromatic N) is 1. The molecule has 304 valence electrons. The van der Waals surface area contributed by atoms with Crippen LogP contribution in [0.2, 0.25) is 0 Å². The van der Waals surface area contributed by atoms with Gasteiger partial charge in [-0.2, -0.15) is 4.31 Å². The van der Waals surface area contributed by atoms with Crippen molar-refractivity contribution in [3.8, 4) is 0 Å². The maximum absolute atomic E-state index is 14.5. The highest BCUT2D eigenvalue weighted by Crippen LogP contribution is 2.33. The van der Waals surface area contributed by atoms with Gasteiger partial charge in [0.2, 0.25) is 15.9 Å². The summed E-state index contributed by atoms with van der Waals surface area (Å²) in [4.78, 5) is 37.7. The minimum absolute atomic E-state index is 0.0321. The van der Waals surface area contributed by atoms with Crippen molar-refractivity contribution in [1.82, 2.24) is 20.3 Å². The van der Waals surface area contributed by atoms with E-state index in [2.05, 4.69) is 16.0 Å². The Bertz CT molecular complexity index is 1530. The first-order valence-electron chi connectivity index (χ1n) is 18.5. The molecule has 3 unspecified atom stereocenters. The predicted octanol–water partition coefficient (Wildman–Crippen LogP) is 2.19. The molecule has 2 fully saturated rings. The highest BCUT2D eigenvalue weighted by molar-refractivity contribution is 7.89. The lowest BCUT2D eigenvalue weighted by atomic mass is 9.89.